The Hall–Kier alpha value is -2.60. The molecule has 4 nitrogen and oxygen atoms in total. The van der Waals surface area contributed by atoms with Gasteiger partial charge in [-0.3, -0.25) is 4.79 Å². The fraction of sp³-hybridized carbons (Fsp3) is 0.211. The second-order valence-electron chi connectivity index (χ2n) is 6.23. The van der Waals surface area contributed by atoms with Gasteiger partial charge in [0.15, 0.2) is 11.5 Å². The van der Waals surface area contributed by atoms with Gasteiger partial charge in [-0.2, -0.15) is 0 Å². The summed E-state index contributed by atoms with van der Waals surface area (Å²) in [6, 6.07) is 6.82. The number of rotatable bonds is 2. The second kappa shape index (κ2) is 5.99. The lowest BCUT2D eigenvalue weighted by atomic mass is 9.98. The molecule has 0 saturated carbocycles. The Kier molecular flexibility index (Phi) is 3.88. The molecule has 0 spiro atoms. The first kappa shape index (κ1) is 16.8. The highest BCUT2D eigenvalue weighted by Gasteiger charge is 2.43. The van der Waals surface area contributed by atoms with Crippen LogP contribution in [0.3, 0.4) is 0 Å². The number of halogens is 3. The minimum atomic E-state index is -1.48. The summed E-state index contributed by atoms with van der Waals surface area (Å²) in [6.45, 7) is 1.95. The van der Waals surface area contributed by atoms with Gasteiger partial charge in [0.05, 0.1) is 11.1 Å². The molecule has 0 aromatic heterocycles. The molecule has 0 aliphatic carbocycles. The zero-order chi connectivity index (χ0) is 18.5. The van der Waals surface area contributed by atoms with Crippen LogP contribution in [0.5, 0.6) is 11.5 Å². The molecule has 2 aliphatic heterocycles. The summed E-state index contributed by atoms with van der Waals surface area (Å²) in [7, 11) is 0. The molecule has 2 aromatic rings. The summed E-state index contributed by atoms with van der Waals surface area (Å²) in [6.07, 6.45) is 1.79. The van der Waals surface area contributed by atoms with Gasteiger partial charge in [-0.15, -0.1) is 0 Å². The quantitative estimate of drug-likeness (QED) is 0.854. The van der Waals surface area contributed by atoms with Gasteiger partial charge in [0.1, 0.15) is 11.6 Å². The summed E-state index contributed by atoms with van der Waals surface area (Å²) < 4.78 is 40.6. The first-order chi connectivity index (χ1) is 12.4. The van der Waals surface area contributed by atoms with E-state index in [1.807, 2.05) is 0 Å². The molecule has 1 atom stereocenters. The molecule has 0 bridgehead atoms. The van der Waals surface area contributed by atoms with Crippen molar-refractivity contribution >= 4 is 23.1 Å². The molecule has 2 heterocycles. The van der Waals surface area contributed by atoms with E-state index < -0.39 is 17.4 Å². The van der Waals surface area contributed by atoms with Crippen LogP contribution in [-0.4, -0.2) is 12.5 Å². The molecule has 2 aliphatic rings. The molecule has 0 saturated heterocycles. The zero-order valence-electron chi connectivity index (χ0n) is 13.7. The van der Waals surface area contributed by atoms with Crippen molar-refractivity contribution in [3.05, 3.63) is 64.2 Å². The summed E-state index contributed by atoms with van der Waals surface area (Å²) >= 11 is 5.80. The van der Waals surface area contributed by atoms with Crippen LogP contribution < -0.4 is 14.8 Å². The van der Waals surface area contributed by atoms with Crippen LogP contribution >= 0.6 is 11.6 Å². The van der Waals surface area contributed by atoms with Crippen LogP contribution in [-0.2, 0) is 10.6 Å². The molecule has 1 unspecified atom stereocenters. The van der Waals surface area contributed by atoms with Gasteiger partial charge in [0, 0.05) is 24.6 Å². The van der Waals surface area contributed by atoms with E-state index in [1.54, 1.807) is 6.92 Å². The van der Waals surface area contributed by atoms with Crippen LogP contribution in [0.25, 0.3) is 5.57 Å². The third-order valence-corrected chi connectivity index (χ3v) is 4.65. The highest BCUT2D eigenvalue weighted by atomic mass is 35.5. The van der Waals surface area contributed by atoms with Crippen molar-refractivity contribution in [1.29, 1.82) is 0 Å². The largest absolute Gasteiger partial charge is 0.444 e. The lowest BCUT2D eigenvalue weighted by molar-refractivity contribution is -0.116. The fourth-order valence-electron chi connectivity index (χ4n) is 3.21. The maximum Gasteiger partial charge on any atom is 0.278 e. The minimum Gasteiger partial charge on any atom is -0.444 e. The number of benzene rings is 2. The van der Waals surface area contributed by atoms with E-state index >= 15 is 0 Å². The molecular weight excluding hydrogens is 364 g/mol. The highest BCUT2D eigenvalue weighted by Crippen LogP contribution is 2.49. The number of hydrogen-bond donors (Lipinski definition) is 1. The molecule has 0 radical (unpaired) electrons. The lowest BCUT2D eigenvalue weighted by Gasteiger charge is -2.24. The molecule has 0 fully saturated rings. The van der Waals surface area contributed by atoms with E-state index in [0.29, 0.717) is 18.5 Å². The molecule has 26 heavy (non-hydrogen) atoms. The number of carbonyl (C=O) groups is 1. The Morgan fingerprint density at radius 1 is 1.15 bits per heavy atom. The van der Waals surface area contributed by atoms with E-state index in [2.05, 4.69) is 5.32 Å². The average molecular weight is 378 g/mol. The molecule has 1 amide bonds. The summed E-state index contributed by atoms with van der Waals surface area (Å²) in [5.41, 5.74) is 0.808. The molecular formula is C19H14ClF2NO3. The van der Waals surface area contributed by atoms with Crippen LogP contribution in [0.2, 0.25) is 5.02 Å². The Balaban J connectivity index is 1.80. The fourth-order valence-corrected chi connectivity index (χ4v) is 3.37. The first-order valence-corrected chi connectivity index (χ1v) is 8.40. The summed E-state index contributed by atoms with van der Waals surface area (Å²) in [4.78, 5) is 11.6. The number of hydrogen-bond acceptors (Lipinski definition) is 3. The molecule has 1 N–H and O–H groups in total. The van der Waals surface area contributed by atoms with Gasteiger partial charge in [-0.1, -0.05) is 11.6 Å². The van der Waals surface area contributed by atoms with E-state index in [0.717, 1.165) is 6.07 Å². The molecule has 134 valence electrons. The van der Waals surface area contributed by atoms with Crippen LogP contribution in [0.4, 0.5) is 8.78 Å². The third-order valence-electron chi connectivity index (χ3n) is 4.41. The van der Waals surface area contributed by atoms with Gasteiger partial charge in [-0.25, -0.2) is 8.78 Å². The molecule has 2 aromatic carbocycles. The predicted molar refractivity (Wildman–Crippen MR) is 92.0 cm³/mol. The summed E-state index contributed by atoms with van der Waals surface area (Å²) in [5.74, 6) is -2.46. The topological polar surface area (TPSA) is 47.6 Å². The van der Waals surface area contributed by atoms with Crippen molar-refractivity contribution in [2.75, 3.05) is 6.54 Å². The standard InChI is InChI=1S/C19H14ClF2NO3/c1-19(12-3-2-11(20)9-14(12)22)25-15-5-4-13(21)17(18(15)26-19)10-6-7-23-16(24)8-10/h2-5,8-9H,6-7H2,1H3,(H,23,24). The van der Waals surface area contributed by atoms with E-state index in [9.17, 15) is 13.6 Å². The van der Waals surface area contributed by atoms with Crippen molar-refractivity contribution in [2.24, 2.45) is 0 Å². The van der Waals surface area contributed by atoms with Gasteiger partial charge < -0.3 is 14.8 Å². The monoisotopic (exact) mass is 377 g/mol. The molecule has 4 rings (SSSR count). The van der Waals surface area contributed by atoms with Crippen LogP contribution in [0.15, 0.2) is 36.4 Å². The number of carbonyl (C=O) groups excluding carboxylic acids is 1. The molecule has 7 heteroatoms. The lowest BCUT2D eigenvalue weighted by Crippen LogP contribution is -2.32. The third kappa shape index (κ3) is 2.70. The Morgan fingerprint density at radius 2 is 1.96 bits per heavy atom. The van der Waals surface area contributed by atoms with Crippen molar-refractivity contribution in [1.82, 2.24) is 5.32 Å². The summed E-state index contributed by atoms with van der Waals surface area (Å²) in [5, 5.41) is 2.90. The van der Waals surface area contributed by atoms with Crippen LogP contribution in [0, 0.1) is 11.6 Å². The number of nitrogens with one attached hydrogen (secondary N) is 1. The van der Waals surface area contributed by atoms with Gasteiger partial charge >= 0.3 is 0 Å². The van der Waals surface area contributed by atoms with Crippen molar-refractivity contribution < 1.29 is 23.0 Å². The van der Waals surface area contributed by atoms with E-state index in [1.165, 1.54) is 30.3 Å². The van der Waals surface area contributed by atoms with Crippen molar-refractivity contribution in [3.8, 4) is 11.5 Å². The average Bonchev–Trinajstić information content (AvgIpc) is 2.91. The van der Waals surface area contributed by atoms with E-state index in [-0.39, 0.29) is 33.6 Å². The second-order valence-corrected chi connectivity index (χ2v) is 6.67. The highest BCUT2D eigenvalue weighted by molar-refractivity contribution is 6.30. The number of amides is 1. The maximum absolute atomic E-state index is 14.5. The SMILES string of the molecule is CC1(c2ccc(Cl)cc2F)Oc2ccc(F)c(C3=CC(=O)NCC3)c2O1. The maximum atomic E-state index is 14.5. The van der Waals surface area contributed by atoms with Gasteiger partial charge in [0.2, 0.25) is 5.91 Å². The van der Waals surface area contributed by atoms with Crippen LogP contribution in [0.1, 0.15) is 24.5 Å². The smallest absolute Gasteiger partial charge is 0.278 e. The van der Waals surface area contributed by atoms with Crippen molar-refractivity contribution in [3.63, 3.8) is 0 Å². The normalized spacial score (nSPS) is 21.4. The minimum absolute atomic E-state index is 0.139. The van der Waals surface area contributed by atoms with Crippen molar-refractivity contribution in [2.45, 2.75) is 19.1 Å². The number of fused-ring (bicyclic) bond motifs is 1. The zero-order valence-corrected chi connectivity index (χ0v) is 14.5. The Morgan fingerprint density at radius 3 is 2.69 bits per heavy atom. The number of ether oxygens (including phenoxy) is 2. The Labute approximate surface area is 153 Å². The first-order valence-electron chi connectivity index (χ1n) is 8.02. The van der Waals surface area contributed by atoms with Gasteiger partial charge in [-0.05, 0) is 42.3 Å². The Bertz CT molecular complexity index is 960. The van der Waals surface area contributed by atoms with E-state index in [4.69, 9.17) is 21.1 Å². The van der Waals surface area contributed by atoms with Gasteiger partial charge in [0.25, 0.3) is 5.79 Å². The predicted octanol–water partition coefficient (Wildman–Crippen LogP) is 4.17.